The molecule has 29 heavy (non-hydrogen) atoms. The first kappa shape index (κ1) is 22.9. The number of fused-ring (bicyclic) bond motifs is 1. The molecule has 9 heteroatoms. The number of primary sulfonamides is 1. The second kappa shape index (κ2) is 9.89. The first-order valence-corrected chi connectivity index (χ1v) is 10.5. The van der Waals surface area contributed by atoms with Crippen molar-refractivity contribution in [1.82, 2.24) is 10.2 Å². The molecule has 1 atom stereocenters. The van der Waals surface area contributed by atoms with E-state index in [0.717, 1.165) is 17.5 Å². The summed E-state index contributed by atoms with van der Waals surface area (Å²) in [4.78, 5) is 13.5. The standard InChI is InChI=1S/C20H23N3O4S.ClH/c21-28(26,27)18-7-6-17-14-23(11-9-16(17)12-18)19(20(24)25)13-22-10-8-15-4-2-1-3-5-15;/h1-7,9,11-12,19,22H,8,10,13-14H2,(H,24,25)(H2,21,26,27);1H. The number of rotatable bonds is 8. The third-order valence-corrected chi connectivity index (χ3v) is 5.61. The molecule has 0 saturated carbocycles. The zero-order valence-corrected chi connectivity index (χ0v) is 17.3. The molecule has 0 bridgehead atoms. The fourth-order valence-electron chi connectivity index (χ4n) is 3.15. The second-order valence-electron chi connectivity index (χ2n) is 6.69. The van der Waals surface area contributed by atoms with E-state index in [1.165, 1.54) is 17.7 Å². The topological polar surface area (TPSA) is 113 Å². The molecule has 2 aromatic carbocycles. The molecule has 0 fully saturated rings. The number of nitrogens with zero attached hydrogens (tertiary/aromatic N) is 1. The molecule has 7 nitrogen and oxygen atoms in total. The summed E-state index contributed by atoms with van der Waals surface area (Å²) in [5, 5.41) is 18.0. The van der Waals surface area contributed by atoms with Crippen molar-refractivity contribution in [1.29, 1.82) is 0 Å². The van der Waals surface area contributed by atoms with Crippen LogP contribution in [0.25, 0.3) is 6.08 Å². The number of hydrogen-bond acceptors (Lipinski definition) is 5. The van der Waals surface area contributed by atoms with E-state index in [2.05, 4.69) is 5.32 Å². The summed E-state index contributed by atoms with van der Waals surface area (Å²) in [6.07, 6.45) is 4.22. The molecule has 3 rings (SSSR count). The van der Waals surface area contributed by atoms with Gasteiger partial charge in [0.25, 0.3) is 0 Å². The van der Waals surface area contributed by atoms with Gasteiger partial charge in [-0.15, -0.1) is 12.4 Å². The average molecular weight is 438 g/mol. The largest absolute Gasteiger partial charge is 0.480 e. The van der Waals surface area contributed by atoms with Gasteiger partial charge in [-0.25, -0.2) is 18.4 Å². The van der Waals surface area contributed by atoms with E-state index < -0.39 is 22.0 Å². The molecule has 156 valence electrons. The molecule has 0 aromatic heterocycles. The van der Waals surface area contributed by atoms with E-state index in [1.807, 2.05) is 30.3 Å². The maximum Gasteiger partial charge on any atom is 0.327 e. The lowest BCUT2D eigenvalue weighted by atomic mass is 10.0. The van der Waals surface area contributed by atoms with E-state index in [1.54, 1.807) is 23.2 Å². The van der Waals surface area contributed by atoms with Gasteiger partial charge in [-0.3, -0.25) is 0 Å². The molecule has 0 spiro atoms. The van der Waals surface area contributed by atoms with E-state index in [9.17, 15) is 18.3 Å². The van der Waals surface area contributed by atoms with Gasteiger partial charge >= 0.3 is 5.97 Å². The van der Waals surface area contributed by atoms with Crippen molar-refractivity contribution in [2.24, 2.45) is 5.14 Å². The van der Waals surface area contributed by atoms with Gasteiger partial charge in [-0.2, -0.15) is 0 Å². The van der Waals surface area contributed by atoms with Crippen LogP contribution in [0, 0.1) is 0 Å². The normalized spacial score (nSPS) is 14.0. The highest BCUT2D eigenvalue weighted by atomic mass is 35.5. The highest BCUT2D eigenvalue weighted by Crippen LogP contribution is 2.24. The van der Waals surface area contributed by atoms with Gasteiger partial charge in [0, 0.05) is 19.3 Å². The van der Waals surface area contributed by atoms with Crippen LogP contribution in [0.1, 0.15) is 16.7 Å². The molecule has 1 unspecified atom stereocenters. The average Bonchev–Trinajstić information content (AvgIpc) is 2.67. The summed E-state index contributed by atoms with van der Waals surface area (Å²) in [5.41, 5.74) is 2.77. The lowest BCUT2D eigenvalue weighted by Gasteiger charge is -2.31. The Balaban J connectivity index is 0.00000300. The zero-order chi connectivity index (χ0) is 20.1. The molecule has 1 heterocycles. The number of carbonyl (C=O) groups is 1. The Labute approximate surface area is 176 Å². The summed E-state index contributed by atoms with van der Waals surface area (Å²) in [6.45, 7) is 1.37. The quantitative estimate of drug-likeness (QED) is 0.543. The SMILES string of the molecule is Cl.NS(=O)(=O)c1ccc2c(c1)C=CN(C(CNCCc1ccccc1)C(=O)O)C2. The number of carboxylic acids is 1. The van der Waals surface area contributed by atoms with Gasteiger partial charge in [0.15, 0.2) is 0 Å². The van der Waals surface area contributed by atoms with Crippen molar-refractivity contribution >= 4 is 34.5 Å². The fraction of sp³-hybridized carbons (Fsp3) is 0.250. The van der Waals surface area contributed by atoms with Crippen molar-refractivity contribution in [2.75, 3.05) is 13.1 Å². The van der Waals surface area contributed by atoms with Crippen LogP contribution in [-0.4, -0.2) is 43.5 Å². The Morgan fingerprint density at radius 1 is 1.21 bits per heavy atom. The molecule has 2 aromatic rings. The van der Waals surface area contributed by atoms with E-state index in [-0.39, 0.29) is 17.3 Å². The minimum atomic E-state index is -3.77. The maximum absolute atomic E-state index is 11.7. The number of benzene rings is 2. The van der Waals surface area contributed by atoms with E-state index in [4.69, 9.17) is 5.14 Å². The van der Waals surface area contributed by atoms with E-state index >= 15 is 0 Å². The van der Waals surface area contributed by atoms with Gasteiger partial charge in [0.05, 0.1) is 4.90 Å². The lowest BCUT2D eigenvalue weighted by molar-refractivity contribution is -0.142. The molecule has 0 amide bonds. The number of nitrogens with one attached hydrogen (secondary N) is 1. The highest BCUT2D eigenvalue weighted by molar-refractivity contribution is 7.89. The van der Waals surface area contributed by atoms with Gasteiger partial charge in [0.2, 0.25) is 10.0 Å². The number of hydrogen-bond donors (Lipinski definition) is 3. The van der Waals surface area contributed by atoms with Crippen molar-refractivity contribution in [3.8, 4) is 0 Å². The van der Waals surface area contributed by atoms with Crippen LogP contribution < -0.4 is 10.5 Å². The molecule has 0 saturated heterocycles. The van der Waals surface area contributed by atoms with Crippen LogP contribution in [0.5, 0.6) is 0 Å². The second-order valence-corrected chi connectivity index (χ2v) is 8.25. The van der Waals surface area contributed by atoms with E-state index in [0.29, 0.717) is 19.6 Å². The number of carboxylic acid groups (broad SMARTS) is 1. The Morgan fingerprint density at radius 2 is 1.93 bits per heavy atom. The van der Waals surface area contributed by atoms with Gasteiger partial charge < -0.3 is 15.3 Å². The Kier molecular flexibility index (Phi) is 7.80. The monoisotopic (exact) mass is 437 g/mol. The molecule has 0 radical (unpaired) electrons. The fourth-order valence-corrected chi connectivity index (χ4v) is 3.70. The number of aliphatic carboxylic acids is 1. The van der Waals surface area contributed by atoms with Crippen LogP contribution in [0.2, 0.25) is 0 Å². The van der Waals surface area contributed by atoms with Crippen LogP contribution >= 0.6 is 12.4 Å². The van der Waals surface area contributed by atoms with Crippen molar-refractivity contribution in [2.45, 2.75) is 23.9 Å². The number of halogens is 1. The Bertz CT molecular complexity index is 980. The minimum Gasteiger partial charge on any atom is -0.480 e. The highest BCUT2D eigenvalue weighted by Gasteiger charge is 2.25. The number of sulfonamides is 1. The smallest absolute Gasteiger partial charge is 0.327 e. The van der Waals surface area contributed by atoms with Gasteiger partial charge in [0.1, 0.15) is 6.04 Å². The molecular weight excluding hydrogens is 414 g/mol. The summed E-state index contributed by atoms with van der Waals surface area (Å²) in [7, 11) is -3.77. The first-order valence-electron chi connectivity index (χ1n) is 8.92. The minimum absolute atomic E-state index is 0. The summed E-state index contributed by atoms with van der Waals surface area (Å²) >= 11 is 0. The van der Waals surface area contributed by atoms with Crippen molar-refractivity contribution < 1.29 is 18.3 Å². The summed E-state index contributed by atoms with van der Waals surface area (Å²) in [6, 6.07) is 13.9. The zero-order valence-electron chi connectivity index (χ0n) is 15.7. The lowest BCUT2D eigenvalue weighted by Crippen LogP contribution is -2.45. The molecule has 1 aliphatic heterocycles. The van der Waals surface area contributed by atoms with Crippen LogP contribution in [0.3, 0.4) is 0 Å². The molecular formula is C20H24ClN3O4S. The predicted molar refractivity (Wildman–Crippen MR) is 114 cm³/mol. The maximum atomic E-state index is 11.7. The summed E-state index contributed by atoms with van der Waals surface area (Å²) in [5.74, 6) is -0.915. The van der Waals surface area contributed by atoms with Crippen molar-refractivity contribution in [3.05, 3.63) is 71.4 Å². The molecule has 0 aliphatic carbocycles. The van der Waals surface area contributed by atoms with Gasteiger partial charge in [-0.05, 0) is 47.9 Å². The van der Waals surface area contributed by atoms with Crippen LogP contribution in [0.4, 0.5) is 0 Å². The summed E-state index contributed by atoms with van der Waals surface area (Å²) < 4.78 is 23.0. The third-order valence-electron chi connectivity index (χ3n) is 4.70. The first-order chi connectivity index (χ1) is 13.3. The predicted octanol–water partition coefficient (Wildman–Crippen LogP) is 1.83. The van der Waals surface area contributed by atoms with Crippen LogP contribution in [-0.2, 0) is 27.8 Å². The third kappa shape index (κ3) is 6.04. The van der Waals surface area contributed by atoms with Crippen molar-refractivity contribution in [3.63, 3.8) is 0 Å². The molecule has 4 N–H and O–H groups in total. The Morgan fingerprint density at radius 3 is 2.59 bits per heavy atom. The van der Waals surface area contributed by atoms with Gasteiger partial charge in [-0.1, -0.05) is 36.4 Å². The molecule has 1 aliphatic rings. The van der Waals surface area contributed by atoms with Crippen LogP contribution in [0.15, 0.2) is 59.6 Å². The Hall–Kier alpha value is -2.39. The number of nitrogens with two attached hydrogens (primary N) is 1.